The summed E-state index contributed by atoms with van der Waals surface area (Å²) in [4.78, 5) is 0. The quantitative estimate of drug-likeness (QED) is 0.654. The van der Waals surface area contributed by atoms with Gasteiger partial charge in [0.1, 0.15) is 0 Å². The van der Waals surface area contributed by atoms with Crippen molar-refractivity contribution in [2.24, 2.45) is 0 Å². The molecule has 0 saturated heterocycles. The van der Waals surface area contributed by atoms with Crippen LogP contribution in [0, 0.1) is 13.8 Å². The zero-order valence-corrected chi connectivity index (χ0v) is 9.22. The molecule has 0 spiro atoms. The Balaban J connectivity index is 0.000000310. The second kappa shape index (κ2) is 6.53. The van der Waals surface area contributed by atoms with Crippen molar-refractivity contribution >= 4 is 5.69 Å². The number of nitrogens with two attached hydrogens (primary N) is 1. The summed E-state index contributed by atoms with van der Waals surface area (Å²) < 4.78 is 0. The first kappa shape index (κ1) is 12.0. The van der Waals surface area contributed by atoms with Crippen molar-refractivity contribution in [2.75, 3.05) is 5.73 Å². The second-order valence-corrected chi connectivity index (χ2v) is 3.29. The highest BCUT2D eigenvalue weighted by Crippen LogP contribution is 2.13. The predicted octanol–water partition coefficient (Wildman–Crippen LogP) is 3.69. The molecule has 0 heterocycles. The summed E-state index contributed by atoms with van der Waals surface area (Å²) in [5.74, 6) is 0. The predicted molar refractivity (Wildman–Crippen MR) is 60.9 cm³/mol. The third-order valence-corrected chi connectivity index (χ3v) is 2.15. The van der Waals surface area contributed by atoms with E-state index in [-0.39, 0.29) is 0 Å². The summed E-state index contributed by atoms with van der Waals surface area (Å²) in [6.45, 7) is 8.45. The molecule has 1 aromatic carbocycles. The zero-order valence-electron chi connectivity index (χ0n) is 9.22. The molecule has 0 aliphatic heterocycles. The highest BCUT2D eigenvalue weighted by Gasteiger charge is 1.92. The zero-order chi connectivity index (χ0) is 10.3. The van der Waals surface area contributed by atoms with Gasteiger partial charge in [0.2, 0.25) is 0 Å². The van der Waals surface area contributed by atoms with Gasteiger partial charge in [0.15, 0.2) is 0 Å². The molecule has 0 saturated carbocycles. The molecule has 0 aliphatic rings. The molecule has 0 atom stereocenters. The molecule has 1 aromatic rings. The topological polar surface area (TPSA) is 26.0 Å². The molecule has 2 N–H and O–H groups in total. The van der Waals surface area contributed by atoms with E-state index in [1.807, 2.05) is 19.1 Å². The molecule has 0 fully saturated rings. The lowest BCUT2D eigenvalue weighted by molar-refractivity contribution is 0.886. The van der Waals surface area contributed by atoms with E-state index in [0.29, 0.717) is 0 Å². The Morgan fingerprint density at radius 2 is 1.62 bits per heavy atom. The number of rotatable bonds is 1. The number of anilines is 1. The van der Waals surface area contributed by atoms with Crippen molar-refractivity contribution in [1.29, 1.82) is 0 Å². The van der Waals surface area contributed by atoms with Crippen LogP contribution in [0.5, 0.6) is 0 Å². The minimum atomic E-state index is 0.884. The normalized spacial score (nSPS) is 8.92. The van der Waals surface area contributed by atoms with Crippen LogP contribution in [-0.2, 0) is 0 Å². The molecule has 0 aromatic heterocycles. The van der Waals surface area contributed by atoms with Crippen LogP contribution in [-0.4, -0.2) is 0 Å². The average molecular weight is 179 g/mol. The van der Waals surface area contributed by atoms with E-state index in [1.165, 1.54) is 24.0 Å². The van der Waals surface area contributed by atoms with E-state index in [4.69, 9.17) is 5.73 Å². The molecule has 0 radical (unpaired) electrons. The maximum absolute atomic E-state index is 5.62. The Kier molecular flexibility index (Phi) is 6.03. The van der Waals surface area contributed by atoms with Gasteiger partial charge in [-0.3, -0.25) is 0 Å². The SMILES string of the molecule is CCCC.Cc1cccc(N)c1C. The minimum Gasteiger partial charge on any atom is -0.399 e. The summed E-state index contributed by atoms with van der Waals surface area (Å²) in [5.41, 5.74) is 8.96. The van der Waals surface area contributed by atoms with Crippen molar-refractivity contribution in [3.05, 3.63) is 29.3 Å². The van der Waals surface area contributed by atoms with Crippen LogP contribution >= 0.6 is 0 Å². The number of nitrogen functional groups attached to an aromatic ring is 1. The largest absolute Gasteiger partial charge is 0.399 e. The van der Waals surface area contributed by atoms with Crippen LogP contribution in [0.3, 0.4) is 0 Å². The monoisotopic (exact) mass is 179 g/mol. The number of hydrogen-bond acceptors (Lipinski definition) is 1. The second-order valence-electron chi connectivity index (χ2n) is 3.29. The fourth-order valence-corrected chi connectivity index (χ4v) is 0.774. The maximum atomic E-state index is 5.62. The van der Waals surface area contributed by atoms with E-state index >= 15 is 0 Å². The molecule has 13 heavy (non-hydrogen) atoms. The van der Waals surface area contributed by atoms with E-state index in [9.17, 15) is 0 Å². The van der Waals surface area contributed by atoms with Crippen LogP contribution in [0.1, 0.15) is 37.8 Å². The molecule has 0 amide bonds. The Bertz CT molecular complexity index is 219. The Morgan fingerprint density at radius 1 is 1.08 bits per heavy atom. The van der Waals surface area contributed by atoms with Crippen molar-refractivity contribution in [3.63, 3.8) is 0 Å². The fraction of sp³-hybridized carbons (Fsp3) is 0.500. The lowest BCUT2D eigenvalue weighted by atomic mass is 10.1. The summed E-state index contributed by atoms with van der Waals surface area (Å²) in [7, 11) is 0. The van der Waals surface area contributed by atoms with Gasteiger partial charge in [0.25, 0.3) is 0 Å². The summed E-state index contributed by atoms with van der Waals surface area (Å²) in [5, 5.41) is 0. The summed E-state index contributed by atoms with van der Waals surface area (Å²) in [6, 6.07) is 5.95. The fourth-order valence-electron chi connectivity index (χ4n) is 0.774. The van der Waals surface area contributed by atoms with Crippen LogP contribution in [0.2, 0.25) is 0 Å². The molecule has 0 unspecified atom stereocenters. The van der Waals surface area contributed by atoms with Gasteiger partial charge >= 0.3 is 0 Å². The standard InChI is InChI=1S/C8H11N.C4H10/c1-6-4-3-5-8(9)7(6)2;1-3-4-2/h3-5H,9H2,1-2H3;3-4H2,1-2H3. The van der Waals surface area contributed by atoms with Crippen molar-refractivity contribution in [3.8, 4) is 0 Å². The van der Waals surface area contributed by atoms with Gasteiger partial charge in [-0.2, -0.15) is 0 Å². The highest BCUT2D eigenvalue weighted by atomic mass is 14.5. The van der Waals surface area contributed by atoms with Gasteiger partial charge in [-0.15, -0.1) is 0 Å². The molecule has 1 rings (SSSR count). The van der Waals surface area contributed by atoms with Crippen molar-refractivity contribution in [2.45, 2.75) is 40.5 Å². The van der Waals surface area contributed by atoms with E-state index < -0.39 is 0 Å². The third kappa shape index (κ3) is 4.56. The first-order valence-electron chi connectivity index (χ1n) is 4.95. The smallest absolute Gasteiger partial charge is 0.0346 e. The maximum Gasteiger partial charge on any atom is 0.0346 e. The molecule has 1 nitrogen and oxygen atoms in total. The van der Waals surface area contributed by atoms with Crippen LogP contribution in [0.25, 0.3) is 0 Å². The van der Waals surface area contributed by atoms with E-state index in [1.54, 1.807) is 0 Å². The Morgan fingerprint density at radius 3 is 1.92 bits per heavy atom. The minimum absolute atomic E-state index is 0.884. The first-order chi connectivity index (χ1) is 6.13. The molecule has 0 bridgehead atoms. The summed E-state index contributed by atoms with van der Waals surface area (Å²) in [6.07, 6.45) is 2.64. The van der Waals surface area contributed by atoms with Gasteiger partial charge in [-0.1, -0.05) is 38.8 Å². The van der Waals surface area contributed by atoms with Crippen LogP contribution in [0.4, 0.5) is 5.69 Å². The van der Waals surface area contributed by atoms with Gasteiger partial charge in [-0.05, 0) is 31.0 Å². The van der Waals surface area contributed by atoms with Crippen LogP contribution in [0.15, 0.2) is 18.2 Å². The Labute approximate surface area is 82.0 Å². The number of unbranched alkanes of at least 4 members (excludes halogenated alkanes) is 1. The molecule has 74 valence electrons. The number of hydrogen-bond donors (Lipinski definition) is 1. The van der Waals surface area contributed by atoms with E-state index in [0.717, 1.165) is 5.69 Å². The van der Waals surface area contributed by atoms with Crippen molar-refractivity contribution < 1.29 is 0 Å². The van der Waals surface area contributed by atoms with Gasteiger partial charge in [0.05, 0.1) is 0 Å². The van der Waals surface area contributed by atoms with Gasteiger partial charge in [-0.25, -0.2) is 0 Å². The third-order valence-electron chi connectivity index (χ3n) is 2.15. The van der Waals surface area contributed by atoms with Crippen LogP contribution < -0.4 is 5.73 Å². The lowest BCUT2D eigenvalue weighted by Crippen LogP contribution is -1.90. The Hall–Kier alpha value is -0.980. The number of aryl methyl sites for hydroxylation is 1. The molecular formula is C12H21N. The summed E-state index contributed by atoms with van der Waals surface area (Å²) >= 11 is 0. The molecule has 0 aliphatic carbocycles. The average Bonchev–Trinajstić information content (AvgIpc) is 2.14. The molecule has 1 heteroatoms. The molecular weight excluding hydrogens is 158 g/mol. The highest BCUT2D eigenvalue weighted by molar-refractivity contribution is 5.49. The lowest BCUT2D eigenvalue weighted by Gasteiger charge is -2.00. The first-order valence-corrected chi connectivity index (χ1v) is 4.95. The number of benzene rings is 1. The van der Waals surface area contributed by atoms with Gasteiger partial charge < -0.3 is 5.73 Å². The van der Waals surface area contributed by atoms with Gasteiger partial charge in [0, 0.05) is 5.69 Å². The van der Waals surface area contributed by atoms with E-state index in [2.05, 4.69) is 26.8 Å². The van der Waals surface area contributed by atoms with Crippen molar-refractivity contribution in [1.82, 2.24) is 0 Å².